The van der Waals surface area contributed by atoms with Gasteiger partial charge in [-0.1, -0.05) is 6.92 Å². The van der Waals surface area contributed by atoms with E-state index in [1.54, 1.807) is 18.2 Å². The van der Waals surface area contributed by atoms with Gasteiger partial charge in [-0.2, -0.15) is 5.26 Å². The van der Waals surface area contributed by atoms with Gasteiger partial charge >= 0.3 is 0 Å². The van der Waals surface area contributed by atoms with Crippen molar-refractivity contribution in [1.82, 2.24) is 0 Å². The molecule has 2 aromatic carbocycles. The summed E-state index contributed by atoms with van der Waals surface area (Å²) >= 11 is 0. The van der Waals surface area contributed by atoms with Gasteiger partial charge in [0.25, 0.3) is 5.91 Å². The number of hydrogen-bond donors (Lipinski definition) is 1. The largest absolute Gasteiger partial charge is 0.493 e. The zero-order valence-corrected chi connectivity index (χ0v) is 13.4. The number of nitriles is 1. The van der Waals surface area contributed by atoms with Crippen LogP contribution in [0.3, 0.4) is 0 Å². The van der Waals surface area contributed by atoms with E-state index in [1.807, 2.05) is 13.0 Å². The van der Waals surface area contributed by atoms with E-state index in [2.05, 4.69) is 5.32 Å². The van der Waals surface area contributed by atoms with E-state index < -0.39 is 6.10 Å². The molecule has 0 aliphatic rings. The fraction of sp³-hybridized carbons (Fsp3) is 0.222. The second kappa shape index (κ2) is 7.97. The first-order valence-corrected chi connectivity index (χ1v) is 7.38. The maximum Gasteiger partial charge on any atom is 0.265 e. The predicted molar refractivity (Wildman–Crippen MR) is 87.4 cm³/mol. The molecule has 0 aromatic heterocycles. The van der Waals surface area contributed by atoms with Crippen molar-refractivity contribution in [2.45, 2.75) is 19.4 Å². The van der Waals surface area contributed by atoms with Crippen LogP contribution in [0.2, 0.25) is 0 Å². The average molecular weight is 328 g/mol. The molecule has 0 aliphatic heterocycles. The van der Waals surface area contributed by atoms with Gasteiger partial charge in [0.15, 0.2) is 17.6 Å². The minimum atomic E-state index is -0.753. The van der Waals surface area contributed by atoms with Crippen molar-refractivity contribution in [3.63, 3.8) is 0 Å². The number of carbonyl (C=O) groups excluding carboxylic acids is 1. The molecule has 1 unspecified atom stereocenters. The normalized spacial score (nSPS) is 11.2. The molecule has 1 amide bonds. The summed E-state index contributed by atoms with van der Waals surface area (Å²) in [4.78, 5) is 12.3. The maximum absolute atomic E-state index is 12.9. The highest BCUT2D eigenvalue weighted by atomic mass is 19.1. The summed E-state index contributed by atoms with van der Waals surface area (Å²) in [6.45, 7) is 1.81. The number of methoxy groups -OCH3 is 1. The molecule has 0 radical (unpaired) electrons. The second-order valence-electron chi connectivity index (χ2n) is 4.99. The Hall–Kier alpha value is -3.07. The molecule has 0 aliphatic carbocycles. The van der Waals surface area contributed by atoms with Crippen LogP contribution in [0.5, 0.6) is 11.5 Å². The topological polar surface area (TPSA) is 71.3 Å². The van der Waals surface area contributed by atoms with E-state index in [0.29, 0.717) is 29.2 Å². The first-order chi connectivity index (χ1) is 11.6. The predicted octanol–water partition coefficient (Wildman–Crippen LogP) is 3.50. The summed E-state index contributed by atoms with van der Waals surface area (Å²) in [5, 5.41) is 11.6. The van der Waals surface area contributed by atoms with E-state index >= 15 is 0 Å². The molecule has 0 spiro atoms. The first kappa shape index (κ1) is 17.3. The second-order valence-corrected chi connectivity index (χ2v) is 4.99. The molecule has 1 atom stereocenters. The molecule has 1 N–H and O–H groups in total. The highest BCUT2D eigenvalue weighted by Crippen LogP contribution is 2.29. The molecule has 2 aromatic rings. The Labute approximate surface area is 139 Å². The maximum atomic E-state index is 12.9. The summed E-state index contributed by atoms with van der Waals surface area (Å²) in [7, 11) is 1.46. The summed E-state index contributed by atoms with van der Waals surface area (Å²) in [6, 6.07) is 12.2. The van der Waals surface area contributed by atoms with Crippen LogP contribution < -0.4 is 14.8 Å². The molecule has 5 nitrogen and oxygen atoms in total. The Balaban J connectivity index is 2.12. The lowest BCUT2D eigenvalue weighted by Crippen LogP contribution is -2.32. The number of amides is 1. The van der Waals surface area contributed by atoms with Gasteiger partial charge in [0, 0.05) is 11.8 Å². The van der Waals surface area contributed by atoms with Gasteiger partial charge < -0.3 is 14.8 Å². The van der Waals surface area contributed by atoms with Crippen LogP contribution in [0, 0.1) is 17.1 Å². The van der Waals surface area contributed by atoms with Crippen LogP contribution in [-0.2, 0) is 4.79 Å². The zero-order chi connectivity index (χ0) is 17.5. The Kier molecular flexibility index (Phi) is 5.74. The monoisotopic (exact) mass is 328 g/mol. The summed E-state index contributed by atoms with van der Waals surface area (Å²) in [6.07, 6.45) is -0.326. The molecular formula is C18H17FN2O3. The number of halogens is 1. The minimum absolute atomic E-state index is 0.351. The lowest BCUT2D eigenvalue weighted by molar-refractivity contribution is -0.122. The number of nitrogens with one attached hydrogen (secondary N) is 1. The van der Waals surface area contributed by atoms with E-state index in [9.17, 15) is 9.18 Å². The third-order valence-electron chi connectivity index (χ3n) is 3.34. The number of hydrogen-bond acceptors (Lipinski definition) is 4. The molecular weight excluding hydrogens is 311 g/mol. The van der Waals surface area contributed by atoms with Crippen molar-refractivity contribution >= 4 is 11.6 Å². The summed E-state index contributed by atoms with van der Waals surface area (Å²) in [5.41, 5.74) is 0.915. The zero-order valence-electron chi connectivity index (χ0n) is 13.4. The highest BCUT2D eigenvalue weighted by Gasteiger charge is 2.20. The Bertz CT molecular complexity index is 754. The number of rotatable bonds is 6. The third kappa shape index (κ3) is 4.23. The number of nitrogens with zero attached hydrogens (tertiary/aromatic N) is 1. The molecule has 0 fully saturated rings. The number of anilines is 1. The SMILES string of the molecule is CCC(Oc1ccc(C#N)cc1OC)C(=O)Nc1ccc(F)cc1. The quantitative estimate of drug-likeness (QED) is 0.881. The summed E-state index contributed by atoms with van der Waals surface area (Å²) in [5.74, 6) is 0.0221. The molecule has 0 heterocycles. The van der Waals surface area contributed by atoms with Crippen molar-refractivity contribution in [3.05, 3.63) is 53.8 Å². The molecule has 0 saturated heterocycles. The first-order valence-electron chi connectivity index (χ1n) is 7.38. The van der Waals surface area contributed by atoms with Crippen molar-refractivity contribution in [2.75, 3.05) is 12.4 Å². The minimum Gasteiger partial charge on any atom is -0.493 e. The van der Waals surface area contributed by atoms with Gasteiger partial charge in [-0.05, 0) is 42.8 Å². The molecule has 0 saturated carbocycles. The van der Waals surface area contributed by atoms with Crippen molar-refractivity contribution in [1.29, 1.82) is 5.26 Å². The van der Waals surface area contributed by atoms with Gasteiger partial charge in [0.05, 0.1) is 18.7 Å². The van der Waals surface area contributed by atoms with E-state index in [0.717, 1.165) is 0 Å². The highest BCUT2D eigenvalue weighted by molar-refractivity contribution is 5.94. The fourth-order valence-electron chi connectivity index (χ4n) is 2.07. The Morgan fingerprint density at radius 3 is 2.54 bits per heavy atom. The van der Waals surface area contributed by atoms with E-state index in [1.165, 1.54) is 31.4 Å². The number of ether oxygens (including phenoxy) is 2. The molecule has 24 heavy (non-hydrogen) atoms. The van der Waals surface area contributed by atoms with Crippen LogP contribution in [-0.4, -0.2) is 19.1 Å². The van der Waals surface area contributed by atoms with E-state index in [-0.39, 0.29) is 11.7 Å². The molecule has 6 heteroatoms. The van der Waals surface area contributed by atoms with Crippen LogP contribution in [0.15, 0.2) is 42.5 Å². The molecule has 2 rings (SSSR count). The Morgan fingerprint density at radius 2 is 1.96 bits per heavy atom. The number of carbonyl (C=O) groups is 1. The van der Waals surface area contributed by atoms with Crippen LogP contribution in [0.25, 0.3) is 0 Å². The Morgan fingerprint density at radius 1 is 1.25 bits per heavy atom. The van der Waals surface area contributed by atoms with Gasteiger partial charge in [0.1, 0.15) is 5.82 Å². The van der Waals surface area contributed by atoms with Crippen molar-refractivity contribution in [2.24, 2.45) is 0 Å². The van der Waals surface area contributed by atoms with Gasteiger partial charge in [-0.3, -0.25) is 4.79 Å². The van der Waals surface area contributed by atoms with Crippen molar-refractivity contribution < 1.29 is 18.7 Å². The van der Waals surface area contributed by atoms with Crippen LogP contribution in [0.4, 0.5) is 10.1 Å². The van der Waals surface area contributed by atoms with Crippen LogP contribution >= 0.6 is 0 Å². The third-order valence-corrected chi connectivity index (χ3v) is 3.34. The smallest absolute Gasteiger partial charge is 0.265 e. The average Bonchev–Trinajstić information content (AvgIpc) is 2.61. The van der Waals surface area contributed by atoms with E-state index in [4.69, 9.17) is 14.7 Å². The van der Waals surface area contributed by atoms with Gasteiger partial charge in [-0.25, -0.2) is 4.39 Å². The molecule has 0 bridgehead atoms. The lowest BCUT2D eigenvalue weighted by Gasteiger charge is -2.19. The summed E-state index contributed by atoms with van der Waals surface area (Å²) < 4.78 is 23.8. The van der Waals surface area contributed by atoms with Crippen LogP contribution in [0.1, 0.15) is 18.9 Å². The lowest BCUT2D eigenvalue weighted by atomic mass is 10.2. The standard InChI is InChI=1S/C18H17FN2O3/c1-3-15(18(22)21-14-7-5-13(19)6-8-14)24-16-9-4-12(11-20)10-17(16)23-2/h4-10,15H,3H2,1-2H3,(H,21,22). The fourth-order valence-corrected chi connectivity index (χ4v) is 2.07. The molecule has 124 valence electrons. The van der Waals surface area contributed by atoms with Gasteiger partial charge in [0.2, 0.25) is 0 Å². The van der Waals surface area contributed by atoms with Crippen molar-refractivity contribution in [3.8, 4) is 17.6 Å². The number of benzene rings is 2. The van der Waals surface area contributed by atoms with Gasteiger partial charge in [-0.15, -0.1) is 0 Å².